The van der Waals surface area contributed by atoms with Gasteiger partial charge in [-0.15, -0.1) is 0 Å². The molecule has 0 aliphatic carbocycles. The van der Waals surface area contributed by atoms with Crippen molar-refractivity contribution in [3.8, 4) is 0 Å². The van der Waals surface area contributed by atoms with Crippen molar-refractivity contribution in [1.82, 2.24) is 5.32 Å². The van der Waals surface area contributed by atoms with Crippen LogP contribution in [0.25, 0.3) is 0 Å². The van der Waals surface area contributed by atoms with E-state index in [2.05, 4.69) is 5.32 Å². The number of ether oxygens (including phenoxy) is 1. The lowest BCUT2D eigenvalue weighted by molar-refractivity contribution is -0.171. The molecule has 7 nitrogen and oxygen atoms in total. The first-order chi connectivity index (χ1) is 12.6. The van der Waals surface area contributed by atoms with Crippen molar-refractivity contribution >= 4 is 23.5 Å². The second kappa shape index (κ2) is 8.14. The Morgan fingerprint density at radius 2 is 1.81 bits per heavy atom. The van der Waals surface area contributed by atoms with E-state index in [1.54, 1.807) is 45.0 Å². The molecule has 5 N–H and O–H groups in total. The van der Waals surface area contributed by atoms with Gasteiger partial charge >= 0.3 is 11.9 Å². The number of rotatable bonds is 7. The molecule has 150 valence electrons. The van der Waals surface area contributed by atoms with E-state index in [9.17, 15) is 19.8 Å². The highest BCUT2D eigenvalue weighted by Gasteiger charge is 2.64. The second-order valence-corrected chi connectivity index (χ2v) is 7.84. The Morgan fingerprint density at radius 3 is 2.33 bits per heavy atom. The number of hydrogen-bond acceptors (Lipinski definition) is 5. The standard InChI is InChI=1S/C19H27ClN2O5/c1-11-18(2,16(23)24)15(12-6-4-5-7-13(12)20)19(3,17(25)26)14(22-11)10-27-9-8-21/h4-7,11,14-15,22H,8-10,21H2,1-3H3,(H,23,24)(H,25,26). The molecule has 0 saturated carbocycles. The van der Waals surface area contributed by atoms with Crippen LogP contribution in [0.4, 0.5) is 0 Å². The van der Waals surface area contributed by atoms with Gasteiger partial charge < -0.3 is 26.0 Å². The Balaban J connectivity index is 2.68. The van der Waals surface area contributed by atoms with Crippen molar-refractivity contribution in [1.29, 1.82) is 0 Å². The highest BCUT2D eigenvalue weighted by Crippen LogP contribution is 2.56. The number of carboxylic acids is 2. The summed E-state index contributed by atoms with van der Waals surface area (Å²) in [6.07, 6.45) is 0. The third-order valence-corrected chi connectivity index (χ3v) is 6.30. The molecule has 1 fully saturated rings. The van der Waals surface area contributed by atoms with Crippen molar-refractivity contribution < 1.29 is 24.5 Å². The number of halogens is 1. The number of benzene rings is 1. The Bertz CT molecular complexity index is 715. The van der Waals surface area contributed by atoms with Crippen LogP contribution in [-0.2, 0) is 14.3 Å². The predicted molar refractivity (Wildman–Crippen MR) is 102 cm³/mol. The van der Waals surface area contributed by atoms with Crippen LogP contribution in [-0.4, -0.2) is 54.0 Å². The lowest BCUT2D eigenvalue weighted by atomic mass is 9.53. The minimum absolute atomic E-state index is 0.0982. The van der Waals surface area contributed by atoms with Gasteiger partial charge in [0.2, 0.25) is 0 Å². The maximum absolute atomic E-state index is 12.5. The first-order valence-corrected chi connectivity index (χ1v) is 9.24. The van der Waals surface area contributed by atoms with Gasteiger partial charge in [-0.05, 0) is 32.4 Å². The lowest BCUT2D eigenvalue weighted by Crippen LogP contribution is -2.69. The monoisotopic (exact) mass is 398 g/mol. The molecule has 1 saturated heterocycles. The molecule has 1 heterocycles. The van der Waals surface area contributed by atoms with E-state index in [0.29, 0.717) is 17.1 Å². The average Bonchev–Trinajstić information content (AvgIpc) is 2.60. The van der Waals surface area contributed by atoms with E-state index in [1.165, 1.54) is 0 Å². The Hall–Kier alpha value is -1.67. The Labute approximate surface area is 163 Å². The summed E-state index contributed by atoms with van der Waals surface area (Å²) in [5.74, 6) is -3.07. The number of nitrogens with one attached hydrogen (secondary N) is 1. The number of hydrogen-bond donors (Lipinski definition) is 4. The van der Waals surface area contributed by atoms with Crippen LogP contribution in [0.15, 0.2) is 24.3 Å². The largest absolute Gasteiger partial charge is 0.481 e. The molecule has 0 aromatic heterocycles. The number of carboxylic acid groups (broad SMARTS) is 2. The minimum Gasteiger partial charge on any atom is -0.481 e. The fourth-order valence-corrected chi connectivity index (χ4v) is 4.41. The van der Waals surface area contributed by atoms with Gasteiger partial charge in [-0.3, -0.25) is 9.59 Å². The average molecular weight is 399 g/mol. The molecule has 1 aliphatic heterocycles. The second-order valence-electron chi connectivity index (χ2n) is 7.43. The first kappa shape index (κ1) is 21.6. The van der Waals surface area contributed by atoms with Crippen LogP contribution in [0.5, 0.6) is 0 Å². The zero-order chi connectivity index (χ0) is 20.4. The van der Waals surface area contributed by atoms with Gasteiger partial charge in [-0.25, -0.2) is 0 Å². The smallest absolute Gasteiger partial charge is 0.311 e. The van der Waals surface area contributed by atoms with Crippen molar-refractivity contribution in [2.75, 3.05) is 19.8 Å². The molecular formula is C19H27ClN2O5. The Kier molecular flexibility index (Phi) is 6.52. The van der Waals surface area contributed by atoms with Crippen molar-refractivity contribution in [2.24, 2.45) is 16.6 Å². The number of piperidine rings is 1. The zero-order valence-corrected chi connectivity index (χ0v) is 16.5. The first-order valence-electron chi connectivity index (χ1n) is 8.86. The van der Waals surface area contributed by atoms with Crippen LogP contribution in [0.3, 0.4) is 0 Å². The summed E-state index contributed by atoms with van der Waals surface area (Å²) in [4.78, 5) is 24.8. The van der Waals surface area contributed by atoms with Crippen LogP contribution in [0.2, 0.25) is 5.02 Å². The van der Waals surface area contributed by atoms with E-state index < -0.39 is 40.8 Å². The lowest BCUT2D eigenvalue weighted by Gasteiger charge is -2.55. The third-order valence-electron chi connectivity index (χ3n) is 5.96. The number of nitrogens with two attached hydrogens (primary N) is 1. The maximum Gasteiger partial charge on any atom is 0.311 e. The molecule has 2 rings (SSSR count). The fourth-order valence-electron chi connectivity index (χ4n) is 4.16. The normalized spacial score (nSPS) is 33.6. The van der Waals surface area contributed by atoms with Crippen LogP contribution >= 0.6 is 11.6 Å². The molecule has 5 atom stereocenters. The summed E-state index contributed by atoms with van der Waals surface area (Å²) >= 11 is 6.39. The van der Waals surface area contributed by atoms with E-state index in [0.717, 1.165) is 0 Å². The van der Waals surface area contributed by atoms with Crippen LogP contribution in [0, 0.1) is 10.8 Å². The predicted octanol–water partition coefficient (Wildman–Crippen LogP) is 1.94. The maximum atomic E-state index is 12.5. The zero-order valence-electron chi connectivity index (χ0n) is 15.7. The van der Waals surface area contributed by atoms with Gasteiger partial charge in [0, 0.05) is 29.6 Å². The van der Waals surface area contributed by atoms with Gasteiger partial charge in [-0.2, -0.15) is 0 Å². The summed E-state index contributed by atoms with van der Waals surface area (Å²) in [6, 6.07) is 5.67. The summed E-state index contributed by atoms with van der Waals surface area (Å²) < 4.78 is 5.53. The van der Waals surface area contributed by atoms with Gasteiger partial charge in [0.15, 0.2) is 0 Å². The van der Waals surface area contributed by atoms with Crippen LogP contribution < -0.4 is 11.1 Å². The Morgan fingerprint density at radius 1 is 1.22 bits per heavy atom. The molecule has 0 amide bonds. The van der Waals surface area contributed by atoms with Gasteiger partial charge in [0.1, 0.15) is 0 Å². The summed E-state index contributed by atoms with van der Waals surface area (Å²) in [5, 5.41) is 23.8. The molecule has 27 heavy (non-hydrogen) atoms. The summed E-state index contributed by atoms with van der Waals surface area (Å²) in [7, 11) is 0. The van der Waals surface area contributed by atoms with Gasteiger partial charge in [0.05, 0.1) is 24.0 Å². The van der Waals surface area contributed by atoms with Crippen molar-refractivity contribution in [3.05, 3.63) is 34.9 Å². The van der Waals surface area contributed by atoms with Crippen LogP contribution in [0.1, 0.15) is 32.3 Å². The molecule has 8 heteroatoms. The van der Waals surface area contributed by atoms with E-state index >= 15 is 0 Å². The molecule has 0 radical (unpaired) electrons. The molecular weight excluding hydrogens is 372 g/mol. The quantitative estimate of drug-likeness (QED) is 0.517. The molecule has 1 aliphatic rings. The van der Waals surface area contributed by atoms with Gasteiger partial charge in [0.25, 0.3) is 0 Å². The van der Waals surface area contributed by atoms with E-state index in [4.69, 9.17) is 22.1 Å². The molecule has 1 aromatic rings. The van der Waals surface area contributed by atoms with Crippen molar-refractivity contribution in [2.45, 2.75) is 38.8 Å². The third kappa shape index (κ3) is 3.57. The van der Waals surface area contributed by atoms with Gasteiger partial charge in [-0.1, -0.05) is 29.8 Å². The topological polar surface area (TPSA) is 122 Å². The molecule has 0 bridgehead atoms. The highest BCUT2D eigenvalue weighted by atomic mass is 35.5. The minimum atomic E-state index is -1.47. The highest BCUT2D eigenvalue weighted by molar-refractivity contribution is 6.31. The van der Waals surface area contributed by atoms with Crippen molar-refractivity contribution in [3.63, 3.8) is 0 Å². The molecule has 1 aromatic carbocycles. The van der Waals surface area contributed by atoms with E-state index in [-0.39, 0.29) is 13.2 Å². The molecule has 0 spiro atoms. The number of carbonyl (C=O) groups is 2. The number of aliphatic carboxylic acids is 2. The van der Waals surface area contributed by atoms with E-state index in [1.807, 2.05) is 0 Å². The summed E-state index contributed by atoms with van der Waals surface area (Å²) in [6.45, 7) is 5.57. The fraction of sp³-hybridized carbons (Fsp3) is 0.579. The molecule has 5 unspecified atom stereocenters. The SMILES string of the molecule is CC1NC(COCCN)C(C)(C(=O)O)C(c2ccccc2Cl)C1(C)C(=O)O. The summed E-state index contributed by atoms with van der Waals surface area (Å²) in [5.41, 5.74) is 3.10.